The van der Waals surface area contributed by atoms with Crippen LogP contribution in [-0.4, -0.2) is 34.7 Å². The van der Waals surface area contributed by atoms with Gasteiger partial charge in [0, 0.05) is 6.42 Å². The van der Waals surface area contributed by atoms with Gasteiger partial charge in [-0.2, -0.15) is 18.4 Å². The molecule has 1 aromatic rings. The number of aliphatic hydroxyl groups is 1. The van der Waals surface area contributed by atoms with Crippen molar-refractivity contribution in [2.45, 2.75) is 37.3 Å². The third-order valence-electron chi connectivity index (χ3n) is 5.45. The van der Waals surface area contributed by atoms with Crippen molar-refractivity contribution >= 4 is 17.5 Å². The Balaban J connectivity index is 1.78. The summed E-state index contributed by atoms with van der Waals surface area (Å²) in [4.78, 5) is 26.3. The first-order valence-electron chi connectivity index (χ1n) is 7.93. The summed E-state index contributed by atoms with van der Waals surface area (Å²) in [5, 5.41) is 18.9. The van der Waals surface area contributed by atoms with Crippen molar-refractivity contribution in [3.63, 3.8) is 0 Å². The summed E-state index contributed by atoms with van der Waals surface area (Å²) < 4.78 is 45.2. The minimum atomic E-state index is -4.80. The number of halogens is 3. The number of aliphatic hydroxyl groups excluding tert-OH is 1. The number of carbonyl (C=O) groups excluding carboxylic acids is 2. The van der Waals surface area contributed by atoms with E-state index < -0.39 is 58.8 Å². The smallest absolute Gasteiger partial charge is 0.390 e. The molecule has 0 spiro atoms. The molecular weight excluding hydrogens is 353 g/mol. The molecule has 3 saturated heterocycles. The number of rotatable bonds is 1. The maximum Gasteiger partial charge on any atom is 0.417 e. The predicted molar refractivity (Wildman–Crippen MR) is 79.5 cm³/mol. The highest BCUT2D eigenvalue weighted by molar-refractivity contribution is 6.23. The van der Waals surface area contributed by atoms with Gasteiger partial charge in [0.05, 0.1) is 52.5 Å². The molecule has 0 aromatic heterocycles. The van der Waals surface area contributed by atoms with Crippen LogP contribution in [0.25, 0.3) is 0 Å². The Morgan fingerprint density at radius 2 is 2.04 bits per heavy atom. The second kappa shape index (κ2) is 5.05. The third-order valence-corrected chi connectivity index (χ3v) is 5.45. The Bertz CT molecular complexity index is 878. The fourth-order valence-electron chi connectivity index (χ4n) is 4.40. The second-order valence-corrected chi connectivity index (χ2v) is 7.02. The fraction of sp³-hybridized carbons (Fsp3) is 0.471. The Kier molecular flexibility index (Phi) is 3.30. The van der Waals surface area contributed by atoms with Gasteiger partial charge in [-0.3, -0.25) is 9.59 Å². The van der Waals surface area contributed by atoms with E-state index in [4.69, 9.17) is 10.00 Å². The van der Waals surface area contributed by atoms with Crippen LogP contribution in [0.15, 0.2) is 18.2 Å². The zero-order valence-electron chi connectivity index (χ0n) is 13.4. The van der Waals surface area contributed by atoms with Gasteiger partial charge < -0.3 is 9.84 Å². The number of alkyl halides is 3. The van der Waals surface area contributed by atoms with E-state index in [0.29, 0.717) is 6.07 Å². The standard InChI is InChI=1S/C17H13F3N2O4/c1-16-5-10(23)13(26-16)11-12(16)15(25)22(14(11)24)8-3-2-7(6-21)9(4-8)17(18,19)20/h2-4,10-13,23H,5H2,1H3/t10?,11-,12+,13-,16+/m1/s1. The molecule has 1 aromatic carbocycles. The van der Waals surface area contributed by atoms with Gasteiger partial charge in [-0.1, -0.05) is 0 Å². The molecule has 0 radical (unpaired) electrons. The lowest BCUT2D eigenvalue weighted by Gasteiger charge is -2.27. The highest BCUT2D eigenvalue weighted by Crippen LogP contribution is 2.55. The van der Waals surface area contributed by atoms with Crippen molar-refractivity contribution in [3.05, 3.63) is 29.3 Å². The number of nitrogens with zero attached hydrogens (tertiary/aromatic N) is 2. The first-order valence-corrected chi connectivity index (χ1v) is 7.93. The molecule has 5 atom stereocenters. The lowest BCUT2D eigenvalue weighted by atomic mass is 9.73. The van der Waals surface area contributed by atoms with Gasteiger partial charge in [0.2, 0.25) is 11.8 Å². The van der Waals surface area contributed by atoms with Gasteiger partial charge in [-0.25, -0.2) is 4.90 Å². The van der Waals surface area contributed by atoms with E-state index in [1.807, 2.05) is 0 Å². The average molecular weight is 366 g/mol. The molecule has 1 unspecified atom stereocenters. The van der Waals surface area contributed by atoms with Crippen molar-refractivity contribution in [1.82, 2.24) is 0 Å². The molecule has 3 heterocycles. The third kappa shape index (κ3) is 2.06. The van der Waals surface area contributed by atoms with Crippen LogP contribution in [0.1, 0.15) is 24.5 Å². The molecule has 0 aliphatic carbocycles. The average Bonchev–Trinajstić information content (AvgIpc) is 3.12. The van der Waals surface area contributed by atoms with Crippen LogP contribution in [0.3, 0.4) is 0 Å². The van der Waals surface area contributed by atoms with Crippen molar-refractivity contribution in [2.24, 2.45) is 11.8 Å². The summed E-state index contributed by atoms with van der Waals surface area (Å²) in [6.45, 7) is 1.62. The Morgan fingerprint density at radius 1 is 1.35 bits per heavy atom. The Morgan fingerprint density at radius 3 is 2.65 bits per heavy atom. The van der Waals surface area contributed by atoms with Crippen molar-refractivity contribution < 1.29 is 32.6 Å². The molecule has 0 saturated carbocycles. The molecule has 3 aliphatic rings. The number of benzene rings is 1. The maximum absolute atomic E-state index is 13.2. The number of fused-ring (bicyclic) bond motifs is 5. The number of hydrogen-bond donors (Lipinski definition) is 1. The highest BCUT2D eigenvalue weighted by atomic mass is 19.4. The van der Waals surface area contributed by atoms with Crippen LogP contribution < -0.4 is 4.90 Å². The number of anilines is 1. The molecule has 136 valence electrons. The lowest BCUT2D eigenvalue weighted by Crippen LogP contribution is -2.42. The van der Waals surface area contributed by atoms with Crippen molar-refractivity contribution in [1.29, 1.82) is 5.26 Å². The lowest BCUT2D eigenvalue weighted by molar-refractivity contribution is -0.138. The highest BCUT2D eigenvalue weighted by Gasteiger charge is 2.70. The number of amides is 2. The first-order chi connectivity index (χ1) is 12.1. The molecule has 2 bridgehead atoms. The van der Waals surface area contributed by atoms with Crippen LogP contribution in [0.2, 0.25) is 0 Å². The Labute approximate surface area is 145 Å². The van der Waals surface area contributed by atoms with Gasteiger partial charge in [-0.15, -0.1) is 0 Å². The monoisotopic (exact) mass is 366 g/mol. The van der Waals surface area contributed by atoms with Crippen LogP contribution in [0, 0.1) is 23.2 Å². The fourth-order valence-corrected chi connectivity index (χ4v) is 4.40. The summed E-state index contributed by atoms with van der Waals surface area (Å²) in [6.07, 6.45) is -6.35. The van der Waals surface area contributed by atoms with Gasteiger partial charge in [0.15, 0.2) is 0 Å². The normalized spacial score (nSPS) is 35.8. The van der Waals surface area contributed by atoms with Crippen LogP contribution in [0.5, 0.6) is 0 Å². The molecule has 9 heteroatoms. The minimum absolute atomic E-state index is 0.187. The second-order valence-electron chi connectivity index (χ2n) is 7.02. The molecule has 3 fully saturated rings. The summed E-state index contributed by atoms with van der Waals surface area (Å²) in [6, 6.07) is 4.18. The molecule has 26 heavy (non-hydrogen) atoms. The summed E-state index contributed by atoms with van der Waals surface area (Å²) in [7, 11) is 0. The van der Waals surface area contributed by atoms with Crippen LogP contribution >= 0.6 is 0 Å². The molecule has 4 rings (SSSR count). The quantitative estimate of drug-likeness (QED) is 0.763. The van der Waals surface area contributed by atoms with E-state index in [9.17, 15) is 27.9 Å². The van der Waals surface area contributed by atoms with Crippen molar-refractivity contribution in [2.75, 3.05) is 4.90 Å². The van der Waals surface area contributed by atoms with Gasteiger partial charge >= 0.3 is 6.18 Å². The molecule has 6 nitrogen and oxygen atoms in total. The summed E-state index contributed by atoms with van der Waals surface area (Å²) in [5.41, 5.74) is -3.06. The first kappa shape index (κ1) is 17.0. The molecule has 2 amide bonds. The topological polar surface area (TPSA) is 90.6 Å². The van der Waals surface area contributed by atoms with E-state index in [1.165, 1.54) is 6.07 Å². The summed E-state index contributed by atoms with van der Waals surface area (Å²) in [5.74, 6) is -3.09. The zero-order valence-corrected chi connectivity index (χ0v) is 13.4. The number of imide groups is 1. The largest absolute Gasteiger partial charge is 0.417 e. The molecular formula is C17H13F3N2O4. The van der Waals surface area contributed by atoms with E-state index in [2.05, 4.69) is 0 Å². The number of carbonyl (C=O) groups is 2. The predicted octanol–water partition coefficient (Wildman–Crippen LogP) is 1.60. The summed E-state index contributed by atoms with van der Waals surface area (Å²) >= 11 is 0. The van der Waals surface area contributed by atoms with Gasteiger partial charge in [0.1, 0.15) is 0 Å². The number of nitriles is 1. The minimum Gasteiger partial charge on any atom is -0.390 e. The zero-order chi connectivity index (χ0) is 19.0. The molecule has 1 N–H and O–H groups in total. The SMILES string of the molecule is C[C@@]12CC(O)[C@@H](O1)[C@@H]1C(=O)N(c3ccc(C#N)c(C(F)(F)F)c3)C(=O)[C@H]12. The Hall–Kier alpha value is -2.44. The van der Waals surface area contributed by atoms with E-state index in [-0.39, 0.29) is 12.1 Å². The van der Waals surface area contributed by atoms with E-state index in [0.717, 1.165) is 17.0 Å². The van der Waals surface area contributed by atoms with E-state index in [1.54, 1.807) is 6.92 Å². The maximum atomic E-state index is 13.2. The number of hydrogen-bond acceptors (Lipinski definition) is 5. The van der Waals surface area contributed by atoms with Gasteiger partial charge in [-0.05, 0) is 25.1 Å². The van der Waals surface area contributed by atoms with Crippen molar-refractivity contribution in [3.8, 4) is 6.07 Å². The van der Waals surface area contributed by atoms with Gasteiger partial charge in [0.25, 0.3) is 0 Å². The van der Waals surface area contributed by atoms with Crippen LogP contribution in [0.4, 0.5) is 18.9 Å². The van der Waals surface area contributed by atoms with Crippen LogP contribution in [-0.2, 0) is 20.5 Å². The molecule has 3 aliphatic heterocycles. The number of ether oxygens (including phenoxy) is 1. The van der Waals surface area contributed by atoms with E-state index >= 15 is 0 Å².